The molecule has 3 atom stereocenters. The lowest BCUT2D eigenvalue weighted by atomic mass is 10.0. The van der Waals surface area contributed by atoms with Gasteiger partial charge in [-0.05, 0) is 57.8 Å². The molecular formula is C44H83NO6S. The second kappa shape index (κ2) is 37.8. The maximum atomic E-state index is 12.6. The molecule has 0 saturated carbocycles. The maximum absolute atomic E-state index is 12.6. The van der Waals surface area contributed by atoms with Crippen molar-refractivity contribution in [3.8, 4) is 0 Å². The summed E-state index contributed by atoms with van der Waals surface area (Å²) in [6.45, 7) is 4.51. The van der Waals surface area contributed by atoms with Crippen LogP contribution in [0.1, 0.15) is 213 Å². The van der Waals surface area contributed by atoms with Crippen LogP contribution in [-0.4, -0.2) is 53.1 Å². The molecule has 52 heavy (non-hydrogen) atoms. The number of nitrogens with one attached hydrogen (secondary N) is 1. The Labute approximate surface area is 321 Å². The fourth-order valence-corrected chi connectivity index (χ4v) is 7.26. The van der Waals surface area contributed by atoms with E-state index in [0.717, 1.165) is 38.5 Å². The summed E-state index contributed by atoms with van der Waals surface area (Å²) in [5, 5.41) is 23.4. The van der Waals surface area contributed by atoms with Crippen LogP contribution < -0.4 is 5.32 Å². The van der Waals surface area contributed by atoms with Crippen molar-refractivity contribution in [2.75, 3.05) is 5.75 Å². The molecule has 0 aromatic carbocycles. The van der Waals surface area contributed by atoms with Crippen molar-refractivity contribution < 1.29 is 28.0 Å². The van der Waals surface area contributed by atoms with Gasteiger partial charge in [-0.2, -0.15) is 8.42 Å². The van der Waals surface area contributed by atoms with Gasteiger partial charge in [0.15, 0.2) is 0 Å². The third kappa shape index (κ3) is 36.9. The Morgan fingerprint density at radius 2 is 0.865 bits per heavy atom. The summed E-state index contributed by atoms with van der Waals surface area (Å²) >= 11 is 0. The normalized spacial score (nSPS) is 14.2. The van der Waals surface area contributed by atoms with Crippen LogP contribution in [0.2, 0.25) is 0 Å². The first kappa shape index (κ1) is 50.5. The summed E-state index contributed by atoms with van der Waals surface area (Å²) in [5.41, 5.74) is 0. The van der Waals surface area contributed by atoms with Gasteiger partial charge >= 0.3 is 0 Å². The highest BCUT2D eigenvalue weighted by molar-refractivity contribution is 7.85. The lowest BCUT2D eigenvalue weighted by molar-refractivity contribution is -0.130. The number of carbonyl (C=O) groups is 1. The Balaban J connectivity index is 4.06. The topological polar surface area (TPSA) is 124 Å². The molecule has 0 bridgehead atoms. The smallest absolute Gasteiger partial charge is 0.267 e. The minimum atomic E-state index is -4.45. The largest absolute Gasteiger partial charge is 0.387 e. The summed E-state index contributed by atoms with van der Waals surface area (Å²) in [7, 11) is -4.45. The highest BCUT2D eigenvalue weighted by Crippen LogP contribution is 2.14. The molecule has 0 heterocycles. The Hall–Kier alpha value is -1.48. The molecular weight excluding hydrogens is 671 g/mol. The zero-order chi connectivity index (χ0) is 38.4. The predicted octanol–water partition coefficient (Wildman–Crippen LogP) is 11.9. The van der Waals surface area contributed by atoms with Gasteiger partial charge in [0, 0.05) is 0 Å². The number of carbonyl (C=O) groups excluding carboxylic acids is 1. The summed E-state index contributed by atoms with van der Waals surface area (Å²) in [5.74, 6) is -1.56. The van der Waals surface area contributed by atoms with Gasteiger partial charge in [0.05, 0.1) is 17.9 Å². The second-order valence-corrected chi connectivity index (χ2v) is 16.6. The second-order valence-electron chi connectivity index (χ2n) is 15.1. The zero-order valence-corrected chi connectivity index (χ0v) is 34.6. The van der Waals surface area contributed by atoms with Gasteiger partial charge in [-0.25, -0.2) is 0 Å². The molecule has 0 saturated heterocycles. The van der Waals surface area contributed by atoms with Crippen molar-refractivity contribution in [1.29, 1.82) is 0 Å². The molecule has 0 aliphatic heterocycles. The van der Waals surface area contributed by atoms with Crippen molar-refractivity contribution >= 4 is 16.0 Å². The number of aliphatic hydroxyl groups is 2. The number of unbranched alkanes of at least 4 members (excludes halogenated alkanes) is 26. The lowest BCUT2D eigenvalue weighted by Gasteiger charge is -2.22. The van der Waals surface area contributed by atoms with E-state index < -0.39 is 40.0 Å². The molecule has 0 spiro atoms. The predicted molar refractivity (Wildman–Crippen MR) is 222 cm³/mol. The number of rotatable bonds is 39. The number of allylic oxidation sites excluding steroid dienone is 5. The standard InChI is InChI=1S/C44H83NO6S/c1-3-5-7-9-11-13-15-17-19-21-22-23-25-26-28-30-32-34-36-38-42(46)41(40-52(49,50)51)45-44(48)43(47)39-37-35-33-31-29-27-24-20-18-16-14-12-10-8-6-4-2/h18,20,28,30,36,38,41-43,46-47H,3-17,19,21-27,29,31-35,37,39-40H2,1-2H3,(H,45,48)(H,49,50,51)/b20-18-,30-28+,38-36+. The molecule has 0 aromatic heterocycles. The fourth-order valence-electron chi connectivity index (χ4n) is 6.53. The van der Waals surface area contributed by atoms with Crippen LogP contribution in [0.25, 0.3) is 0 Å². The highest BCUT2D eigenvalue weighted by atomic mass is 32.2. The molecule has 4 N–H and O–H groups in total. The number of aliphatic hydroxyl groups excluding tert-OH is 2. The fraction of sp³-hybridized carbons (Fsp3) is 0.841. The number of hydrogen-bond donors (Lipinski definition) is 4. The average molecular weight is 754 g/mol. The van der Waals surface area contributed by atoms with E-state index in [1.165, 1.54) is 147 Å². The van der Waals surface area contributed by atoms with Crippen LogP contribution in [-0.2, 0) is 14.9 Å². The van der Waals surface area contributed by atoms with Gasteiger partial charge < -0.3 is 15.5 Å². The summed E-state index contributed by atoms with van der Waals surface area (Å²) in [4.78, 5) is 12.6. The third-order valence-corrected chi connectivity index (χ3v) is 10.7. The molecule has 7 nitrogen and oxygen atoms in total. The van der Waals surface area contributed by atoms with Gasteiger partial charge in [-0.1, -0.05) is 192 Å². The number of hydrogen-bond acceptors (Lipinski definition) is 5. The lowest BCUT2D eigenvalue weighted by Crippen LogP contribution is -2.50. The Bertz CT molecular complexity index is 979. The summed E-state index contributed by atoms with van der Waals surface area (Å²) < 4.78 is 32.6. The van der Waals surface area contributed by atoms with E-state index in [-0.39, 0.29) is 6.42 Å². The van der Waals surface area contributed by atoms with Crippen molar-refractivity contribution in [2.24, 2.45) is 0 Å². The van der Waals surface area contributed by atoms with E-state index in [4.69, 9.17) is 0 Å². The van der Waals surface area contributed by atoms with E-state index in [9.17, 15) is 28.0 Å². The molecule has 3 unspecified atom stereocenters. The molecule has 306 valence electrons. The molecule has 0 aromatic rings. The molecule has 0 aliphatic rings. The average Bonchev–Trinajstić information content (AvgIpc) is 3.11. The van der Waals surface area contributed by atoms with Crippen LogP contribution >= 0.6 is 0 Å². The van der Waals surface area contributed by atoms with Gasteiger partial charge in [-0.15, -0.1) is 0 Å². The monoisotopic (exact) mass is 754 g/mol. The number of amides is 1. The maximum Gasteiger partial charge on any atom is 0.267 e. The SMILES string of the molecule is CCCCCCCC/C=C\CCCCCCCCC(O)C(=O)NC(CS(=O)(=O)O)C(O)/C=C/CC/C=C/CCCCCCCCCCCCCCC. The summed E-state index contributed by atoms with van der Waals surface area (Å²) in [6, 6.07) is -1.25. The van der Waals surface area contributed by atoms with Gasteiger partial charge in [-0.3, -0.25) is 9.35 Å². The molecule has 0 rings (SSSR count). The van der Waals surface area contributed by atoms with Crippen LogP contribution in [0, 0.1) is 0 Å². The van der Waals surface area contributed by atoms with Gasteiger partial charge in [0.25, 0.3) is 10.1 Å². The molecule has 0 aliphatic carbocycles. The van der Waals surface area contributed by atoms with Gasteiger partial charge in [0.1, 0.15) is 6.10 Å². The summed E-state index contributed by atoms with van der Waals surface area (Å²) in [6.07, 6.45) is 46.3. The Kier molecular flexibility index (Phi) is 36.7. The highest BCUT2D eigenvalue weighted by Gasteiger charge is 2.27. The van der Waals surface area contributed by atoms with Crippen LogP contribution in [0.4, 0.5) is 0 Å². The van der Waals surface area contributed by atoms with E-state index in [0.29, 0.717) is 12.8 Å². The zero-order valence-electron chi connectivity index (χ0n) is 33.8. The van der Waals surface area contributed by atoms with Gasteiger partial charge in [0.2, 0.25) is 5.91 Å². The third-order valence-electron chi connectivity index (χ3n) is 9.90. The quantitative estimate of drug-likeness (QED) is 0.0281. The molecule has 0 fully saturated rings. The van der Waals surface area contributed by atoms with Crippen molar-refractivity contribution in [2.45, 2.75) is 231 Å². The molecule has 1 amide bonds. The molecule has 8 heteroatoms. The minimum Gasteiger partial charge on any atom is -0.387 e. The minimum absolute atomic E-state index is 0.267. The first-order valence-electron chi connectivity index (χ1n) is 21.8. The van der Waals surface area contributed by atoms with E-state index in [2.05, 4.69) is 43.5 Å². The first-order chi connectivity index (χ1) is 25.2. The van der Waals surface area contributed by atoms with Crippen molar-refractivity contribution in [1.82, 2.24) is 5.32 Å². The van der Waals surface area contributed by atoms with Crippen LogP contribution in [0.3, 0.4) is 0 Å². The first-order valence-corrected chi connectivity index (χ1v) is 23.4. The Morgan fingerprint density at radius 1 is 0.519 bits per heavy atom. The Morgan fingerprint density at radius 3 is 1.27 bits per heavy atom. The van der Waals surface area contributed by atoms with Crippen LogP contribution in [0.5, 0.6) is 0 Å². The van der Waals surface area contributed by atoms with E-state index in [1.807, 2.05) is 0 Å². The van der Waals surface area contributed by atoms with E-state index >= 15 is 0 Å². The van der Waals surface area contributed by atoms with E-state index in [1.54, 1.807) is 6.08 Å². The van der Waals surface area contributed by atoms with Crippen LogP contribution in [0.15, 0.2) is 36.5 Å². The van der Waals surface area contributed by atoms with Crippen molar-refractivity contribution in [3.05, 3.63) is 36.5 Å². The van der Waals surface area contributed by atoms with Crippen molar-refractivity contribution in [3.63, 3.8) is 0 Å². The molecule has 0 radical (unpaired) electrons.